The number of nitrogens with one attached hydrogen (secondary N) is 1. The average Bonchev–Trinajstić information content (AvgIpc) is 2.28. The van der Waals surface area contributed by atoms with Crippen molar-refractivity contribution in [2.75, 3.05) is 11.1 Å². The number of primary amides is 1. The standard InChI is InChI=1S/C13H18BrN3O3/c1-13(2,3)10(20-12(16)19)11(18)17-9-5-4-7(14)6-8(9)15/h4-6,10H,15H2,1-3H3,(H2,16,19)(H,17,18). The lowest BCUT2D eigenvalue weighted by molar-refractivity contribution is -0.129. The Morgan fingerprint density at radius 3 is 2.40 bits per heavy atom. The molecule has 0 aliphatic rings. The van der Waals surface area contributed by atoms with E-state index in [0.29, 0.717) is 11.4 Å². The van der Waals surface area contributed by atoms with Crippen molar-refractivity contribution < 1.29 is 14.3 Å². The number of halogens is 1. The van der Waals surface area contributed by atoms with Crippen molar-refractivity contribution in [1.82, 2.24) is 0 Å². The predicted octanol–water partition coefficient (Wildman–Crippen LogP) is 2.48. The predicted molar refractivity (Wildman–Crippen MR) is 81.1 cm³/mol. The van der Waals surface area contributed by atoms with E-state index in [1.807, 2.05) is 0 Å². The summed E-state index contributed by atoms with van der Waals surface area (Å²) < 4.78 is 5.69. The van der Waals surface area contributed by atoms with E-state index in [0.717, 1.165) is 4.47 Å². The highest BCUT2D eigenvalue weighted by molar-refractivity contribution is 9.10. The number of carbonyl (C=O) groups is 2. The molecule has 0 saturated heterocycles. The van der Waals surface area contributed by atoms with Gasteiger partial charge in [-0.05, 0) is 18.2 Å². The van der Waals surface area contributed by atoms with Crippen LogP contribution < -0.4 is 16.8 Å². The number of nitrogen functional groups attached to an aromatic ring is 1. The van der Waals surface area contributed by atoms with Crippen LogP contribution in [-0.4, -0.2) is 18.1 Å². The number of amides is 2. The highest BCUT2D eigenvalue weighted by Crippen LogP contribution is 2.27. The third-order valence-electron chi connectivity index (χ3n) is 2.53. The number of hydrogen-bond donors (Lipinski definition) is 3. The highest BCUT2D eigenvalue weighted by Gasteiger charge is 2.34. The van der Waals surface area contributed by atoms with Crippen molar-refractivity contribution in [2.45, 2.75) is 26.9 Å². The summed E-state index contributed by atoms with van der Waals surface area (Å²) in [5.41, 5.74) is 11.1. The number of nitrogens with two attached hydrogens (primary N) is 2. The Morgan fingerprint density at radius 1 is 1.35 bits per heavy atom. The molecule has 1 rings (SSSR count). The van der Waals surface area contributed by atoms with Crippen LogP contribution in [-0.2, 0) is 9.53 Å². The fourth-order valence-electron chi connectivity index (χ4n) is 1.59. The topological polar surface area (TPSA) is 107 Å². The second-order valence-corrected chi connectivity index (χ2v) is 6.32. The summed E-state index contributed by atoms with van der Waals surface area (Å²) in [6, 6.07) is 5.06. The fraction of sp³-hybridized carbons (Fsp3) is 0.385. The van der Waals surface area contributed by atoms with Crippen LogP contribution in [0.2, 0.25) is 0 Å². The first-order valence-corrected chi connectivity index (χ1v) is 6.72. The van der Waals surface area contributed by atoms with Gasteiger partial charge in [0.25, 0.3) is 5.91 Å². The van der Waals surface area contributed by atoms with E-state index in [4.69, 9.17) is 16.2 Å². The zero-order valence-electron chi connectivity index (χ0n) is 11.6. The normalized spacial score (nSPS) is 12.6. The van der Waals surface area contributed by atoms with E-state index in [9.17, 15) is 9.59 Å². The van der Waals surface area contributed by atoms with Crippen LogP contribution in [0.15, 0.2) is 22.7 Å². The maximum absolute atomic E-state index is 12.2. The molecule has 0 aromatic heterocycles. The molecular weight excluding hydrogens is 326 g/mol. The van der Waals surface area contributed by atoms with Gasteiger partial charge in [0.15, 0.2) is 6.10 Å². The monoisotopic (exact) mass is 343 g/mol. The first-order valence-electron chi connectivity index (χ1n) is 5.93. The van der Waals surface area contributed by atoms with Crippen LogP contribution in [0.1, 0.15) is 20.8 Å². The van der Waals surface area contributed by atoms with Gasteiger partial charge in [-0.15, -0.1) is 0 Å². The third kappa shape index (κ3) is 4.41. The van der Waals surface area contributed by atoms with Crippen molar-refractivity contribution in [3.05, 3.63) is 22.7 Å². The van der Waals surface area contributed by atoms with Gasteiger partial charge in [-0.2, -0.15) is 0 Å². The minimum absolute atomic E-state index is 0.402. The number of rotatable bonds is 3. The van der Waals surface area contributed by atoms with Crippen molar-refractivity contribution in [3.63, 3.8) is 0 Å². The largest absolute Gasteiger partial charge is 0.436 e. The van der Waals surface area contributed by atoms with Gasteiger partial charge in [-0.3, -0.25) is 4.79 Å². The quantitative estimate of drug-likeness (QED) is 0.732. The molecule has 0 saturated carbocycles. The molecule has 0 radical (unpaired) electrons. The molecule has 6 nitrogen and oxygen atoms in total. The minimum atomic E-state index is -1.01. The van der Waals surface area contributed by atoms with E-state index in [-0.39, 0.29) is 0 Å². The van der Waals surface area contributed by atoms with Crippen LogP contribution in [0.4, 0.5) is 16.2 Å². The zero-order valence-corrected chi connectivity index (χ0v) is 13.2. The first-order chi connectivity index (χ1) is 9.11. The summed E-state index contributed by atoms with van der Waals surface area (Å²) in [5.74, 6) is -0.481. The molecule has 0 fully saturated rings. The molecule has 1 aromatic carbocycles. The van der Waals surface area contributed by atoms with E-state index >= 15 is 0 Å². The Labute approximate surface area is 126 Å². The molecule has 0 bridgehead atoms. The lowest BCUT2D eigenvalue weighted by Gasteiger charge is -2.28. The molecule has 0 aliphatic heterocycles. The number of benzene rings is 1. The van der Waals surface area contributed by atoms with Crippen molar-refractivity contribution >= 4 is 39.3 Å². The molecular formula is C13H18BrN3O3. The van der Waals surface area contributed by atoms with Gasteiger partial charge in [0.1, 0.15) is 0 Å². The fourth-order valence-corrected chi connectivity index (χ4v) is 1.96. The van der Waals surface area contributed by atoms with Gasteiger partial charge in [-0.1, -0.05) is 36.7 Å². The third-order valence-corrected chi connectivity index (χ3v) is 3.02. The van der Waals surface area contributed by atoms with Gasteiger partial charge in [0.2, 0.25) is 0 Å². The van der Waals surface area contributed by atoms with Gasteiger partial charge in [-0.25, -0.2) is 4.79 Å². The second kappa shape index (κ2) is 6.13. The molecule has 7 heteroatoms. The molecule has 0 spiro atoms. The first kappa shape index (κ1) is 16.3. The Hall–Kier alpha value is -1.76. The molecule has 1 unspecified atom stereocenters. The Balaban J connectivity index is 2.93. The highest BCUT2D eigenvalue weighted by atomic mass is 79.9. The summed E-state index contributed by atoms with van der Waals surface area (Å²) in [7, 11) is 0. The summed E-state index contributed by atoms with van der Waals surface area (Å²) >= 11 is 3.28. The lowest BCUT2D eigenvalue weighted by atomic mass is 9.88. The van der Waals surface area contributed by atoms with E-state index < -0.39 is 23.5 Å². The average molecular weight is 344 g/mol. The molecule has 5 N–H and O–H groups in total. The summed E-state index contributed by atoms with van der Waals surface area (Å²) in [4.78, 5) is 23.1. The Bertz CT molecular complexity index is 526. The number of anilines is 2. The summed E-state index contributed by atoms with van der Waals surface area (Å²) in [6.07, 6.45) is -2.01. The maximum Gasteiger partial charge on any atom is 0.405 e. The van der Waals surface area contributed by atoms with Crippen LogP contribution in [0.5, 0.6) is 0 Å². The Kier molecular flexibility index (Phi) is 4.99. The zero-order chi connectivity index (χ0) is 15.5. The Morgan fingerprint density at radius 2 is 1.95 bits per heavy atom. The molecule has 0 heterocycles. The number of ether oxygens (including phenoxy) is 1. The molecule has 0 aliphatic carbocycles. The van der Waals surface area contributed by atoms with Crippen LogP contribution in [0.25, 0.3) is 0 Å². The molecule has 110 valence electrons. The number of hydrogen-bond acceptors (Lipinski definition) is 4. The van der Waals surface area contributed by atoms with Crippen molar-refractivity contribution in [1.29, 1.82) is 0 Å². The van der Waals surface area contributed by atoms with Crippen LogP contribution in [0, 0.1) is 5.41 Å². The lowest BCUT2D eigenvalue weighted by Crippen LogP contribution is -2.43. The maximum atomic E-state index is 12.2. The molecule has 20 heavy (non-hydrogen) atoms. The van der Waals surface area contributed by atoms with Gasteiger partial charge in [0, 0.05) is 9.89 Å². The second-order valence-electron chi connectivity index (χ2n) is 5.40. The van der Waals surface area contributed by atoms with E-state index in [1.165, 1.54) is 0 Å². The van der Waals surface area contributed by atoms with Crippen molar-refractivity contribution in [2.24, 2.45) is 11.1 Å². The van der Waals surface area contributed by atoms with Crippen LogP contribution in [0.3, 0.4) is 0 Å². The SMILES string of the molecule is CC(C)(C)C(OC(N)=O)C(=O)Nc1ccc(Br)cc1N. The van der Waals surface area contributed by atoms with Crippen LogP contribution >= 0.6 is 15.9 Å². The molecule has 1 atom stereocenters. The molecule has 2 amide bonds. The van der Waals surface area contributed by atoms with Gasteiger partial charge < -0.3 is 21.5 Å². The minimum Gasteiger partial charge on any atom is -0.436 e. The number of carbonyl (C=O) groups excluding carboxylic acids is 2. The smallest absolute Gasteiger partial charge is 0.405 e. The van der Waals surface area contributed by atoms with E-state index in [1.54, 1.807) is 39.0 Å². The molecule has 1 aromatic rings. The van der Waals surface area contributed by atoms with Crippen molar-refractivity contribution in [3.8, 4) is 0 Å². The summed E-state index contributed by atoms with van der Waals surface area (Å²) in [5, 5.41) is 2.63. The summed E-state index contributed by atoms with van der Waals surface area (Å²) in [6.45, 7) is 5.31. The van der Waals surface area contributed by atoms with Gasteiger partial charge in [0.05, 0.1) is 11.4 Å². The van der Waals surface area contributed by atoms with E-state index in [2.05, 4.69) is 21.2 Å². The van der Waals surface area contributed by atoms with Gasteiger partial charge >= 0.3 is 6.09 Å².